The van der Waals surface area contributed by atoms with E-state index in [0.717, 1.165) is 28.4 Å². The van der Waals surface area contributed by atoms with Crippen LogP contribution in [0.4, 0.5) is 4.79 Å². The highest BCUT2D eigenvalue weighted by molar-refractivity contribution is 6.15. The number of para-hydroxylation sites is 1. The van der Waals surface area contributed by atoms with E-state index in [1.165, 1.54) is 0 Å². The van der Waals surface area contributed by atoms with Gasteiger partial charge < -0.3 is 4.74 Å². The Labute approximate surface area is 175 Å². The number of aromatic nitrogens is 3. The zero-order valence-corrected chi connectivity index (χ0v) is 17.6. The fraction of sp³-hybridized carbons (Fsp3) is 0.304. The predicted molar refractivity (Wildman–Crippen MR) is 115 cm³/mol. The molecule has 154 valence electrons. The Morgan fingerprint density at radius 1 is 1.07 bits per heavy atom. The van der Waals surface area contributed by atoms with Crippen LogP contribution in [-0.2, 0) is 4.74 Å². The van der Waals surface area contributed by atoms with Crippen LogP contribution in [0.1, 0.15) is 49.7 Å². The monoisotopic (exact) mass is 403 g/mol. The Morgan fingerprint density at radius 3 is 2.50 bits per heavy atom. The molecule has 0 bridgehead atoms. The third kappa shape index (κ3) is 3.96. The Bertz CT molecular complexity index is 1100. The van der Waals surface area contributed by atoms with Gasteiger partial charge in [0.2, 0.25) is 0 Å². The van der Waals surface area contributed by atoms with Gasteiger partial charge in [-0.1, -0.05) is 69.3 Å². The summed E-state index contributed by atoms with van der Waals surface area (Å²) >= 11 is 0. The number of nitrogens with zero attached hydrogens (tertiary/aromatic N) is 4. The molecule has 0 saturated heterocycles. The molecule has 2 heterocycles. The largest absolute Gasteiger partial charge is 0.449 e. The van der Waals surface area contributed by atoms with Crippen LogP contribution in [0.2, 0.25) is 0 Å². The zero-order chi connectivity index (χ0) is 21.3. The van der Waals surface area contributed by atoms with Gasteiger partial charge in [0.25, 0.3) is 0 Å². The maximum atomic E-state index is 12.5. The van der Waals surface area contributed by atoms with E-state index >= 15 is 0 Å². The van der Waals surface area contributed by atoms with Gasteiger partial charge in [-0.3, -0.25) is 14.9 Å². The van der Waals surface area contributed by atoms with Crippen molar-refractivity contribution < 1.29 is 9.53 Å². The molecule has 0 aliphatic carbocycles. The van der Waals surface area contributed by atoms with E-state index in [1.54, 1.807) is 0 Å². The van der Waals surface area contributed by atoms with Gasteiger partial charge >= 0.3 is 6.09 Å². The van der Waals surface area contributed by atoms with Crippen molar-refractivity contribution in [2.24, 2.45) is 10.4 Å². The normalized spacial score (nSPS) is 15.5. The van der Waals surface area contributed by atoms with Gasteiger partial charge in [0.15, 0.2) is 12.0 Å². The third-order valence-corrected chi connectivity index (χ3v) is 4.69. The Balaban J connectivity index is 1.80. The molecule has 0 saturated carbocycles. The quantitative estimate of drug-likeness (QED) is 0.711. The fourth-order valence-electron chi connectivity index (χ4n) is 3.34. The minimum Gasteiger partial charge on any atom is -0.449 e. The Morgan fingerprint density at radius 2 is 1.77 bits per heavy atom. The number of rotatable bonds is 3. The molecule has 1 unspecified atom stereocenters. The van der Waals surface area contributed by atoms with Gasteiger partial charge in [-0.25, -0.2) is 4.79 Å². The number of fused-ring (bicyclic) bond motifs is 3. The highest BCUT2D eigenvalue weighted by atomic mass is 16.5. The van der Waals surface area contributed by atoms with Crippen LogP contribution in [0.25, 0.3) is 5.69 Å². The number of carbonyl (C=O) groups excluding carboxylic acids is 1. The highest BCUT2D eigenvalue weighted by Gasteiger charge is 2.29. The minimum atomic E-state index is -0.735. The van der Waals surface area contributed by atoms with E-state index in [1.807, 2.05) is 86.9 Å². The standard InChI is InChI=1S/C23H25N5O2/c1-15-26-27-21-20(25-22(29)30-14-23(2,3)4)24-19(16-10-6-5-7-11-16)17-12-8-9-13-18(17)28(15)21/h5-13,20H,14H2,1-4H3,(H,25,29). The van der Waals surface area contributed by atoms with Crippen molar-refractivity contribution >= 4 is 11.8 Å². The SMILES string of the molecule is Cc1nnc2n1-c1ccccc1C(c1ccccc1)=NC2NC(=O)OCC(C)(C)C. The molecule has 1 aliphatic heterocycles. The van der Waals surface area contributed by atoms with E-state index in [2.05, 4.69) is 15.5 Å². The number of nitrogens with one attached hydrogen (secondary N) is 1. The first-order valence-electron chi connectivity index (χ1n) is 9.92. The first-order chi connectivity index (χ1) is 14.3. The second kappa shape index (κ2) is 7.74. The van der Waals surface area contributed by atoms with Crippen molar-refractivity contribution in [2.75, 3.05) is 6.61 Å². The molecule has 1 atom stereocenters. The molecule has 1 N–H and O–H groups in total. The van der Waals surface area contributed by atoms with Crippen molar-refractivity contribution in [1.29, 1.82) is 0 Å². The number of aliphatic imine (C=N–C) groups is 1. The Hall–Kier alpha value is -3.48. The van der Waals surface area contributed by atoms with Crippen LogP contribution in [0, 0.1) is 12.3 Å². The average Bonchev–Trinajstić information content (AvgIpc) is 3.04. The molecule has 3 aromatic rings. The topological polar surface area (TPSA) is 81.4 Å². The number of hydrogen-bond donors (Lipinski definition) is 1. The summed E-state index contributed by atoms with van der Waals surface area (Å²) in [6, 6.07) is 17.9. The van der Waals surface area contributed by atoms with E-state index in [-0.39, 0.29) is 5.41 Å². The van der Waals surface area contributed by atoms with Gasteiger partial charge in [-0.05, 0) is 18.4 Å². The van der Waals surface area contributed by atoms with Crippen molar-refractivity contribution in [1.82, 2.24) is 20.1 Å². The lowest BCUT2D eigenvalue weighted by atomic mass is 9.99. The lowest BCUT2D eigenvalue weighted by molar-refractivity contribution is 0.103. The summed E-state index contributed by atoms with van der Waals surface area (Å²) in [5, 5.41) is 11.4. The summed E-state index contributed by atoms with van der Waals surface area (Å²) in [7, 11) is 0. The lowest BCUT2D eigenvalue weighted by Gasteiger charge is -2.19. The van der Waals surface area contributed by atoms with E-state index in [4.69, 9.17) is 9.73 Å². The van der Waals surface area contributed by atoms with Crippen LogP contribution in [0.5, 0.6) is 0 Å². The van der Waals surface area contributed by atoms with Crippen molar-refractivity contribution in [2.45, 2.75) is 33.9 Å². The predicted octanol–water partition coefficient (Wildman–Crippen LogP) is 4.20. The maximum Gasteiger partial charge on any atom is 0.409 e. The van der Waals surface area contributed by atoms with Gasteiger partial charge in [0.05, 0.1) is 18.0 Å². The van der Waals surface area contributed by atoms with E-state index < -0.39 is 12.3 Å². The van der Waals surface area contributed by atoms with E-state index in [9.17, 15) is 4.79 Å². The number of aryl methyl sites for hydroxylation is 1. The first kappa shape index (κ1) is 19.8. The second-order valence-corrected chi connectivity index (χ2v) is 8.49. The molecule has 0 fully saturated rings. The summed E-state index contributed by atoms with van der Waals surface area (Å²) in [5.41, 5.74) is 3.46. The number of amides is 1. The van der Waals surface area contributed by atoms with Crippen molar-refractivity contribution in [3.63, 3.8) is 0 Å². The zero-order valence-electron chi connectivity index (χ0n) is 17.6. The molecule has 1 aromatic heterocycles. The molecule has 1 amide bonds. The minimum absolute atomic E-state index is 0.133. The number of carbonyl (C=O) groups is 1. The molecule has 1 aliphatic rings. The molecule has 7 nitrogen and oxygen atoms in total. The number of benzene rings is 2. The maximum absolute atomic E-state index is 12.5. The van der Waals surface area contributed by atoms with Crippen molar-refractivity contribution in [3.05, 3.63) is 77.4 Å². The first-order valence-corrected chi connectivity index (χ1v) is 9.92. The Kier molecular flexibility index (Phi) is 5.11. The summed E-state index contributed by atoms with van der Waals surface area (Å²) in [5.74, 6) is 1.26. The molecule has 0 radical (unpaired) electrons. The van der Waals surface area contributed by atoms with Crippen LogP contribution >= 0.6 is 0 Å². The number of hydrogen-bond acceptors (Lipinski definition) is 5. The number of ether oxygens (including phenoxy) is 1. The van der Waals surface area contributed by atoms with Crippen LogP contribution in [0.15, 0.2) is 59.6 Å². The molecule has 30 heavy (non-hydrogen) atoms. The van der Waals surface area contributed by atoms with Crippen LogP contribution in [-0.4, -0.2) is 33.2 Å². The van der Waals surface area contributed by atoms with Gasteiger partial charge in [0, 0.05) is 11.1 Å². The summed E-state index contributed by atoms with van der Waals surface area (Å²) in [4.78, 5) is 17.5. The fourth-order valence-corrected chi connectivity index (χ4v) is 3.34. The van der Waals surface area contributed by atoms with Crippen LogP contribution in [0.3, 0.4) is 0 Å². The van der Waals surface area contributed by atoms with Gasteiger partial charge in [0.1, 0.15) is 5.82 Å². The smallest absolute Gasteiger partial charge is 0.409 e. The van der Waals surface area contributed by atoms with E-state index in [0.29, 0.717) is 12.4 Å². The molecule has 4 rings (SSSR count). The molecular formula is C23H25N5O2. The van der Waals surface area contributed by atoms with Crippen molar-refractivity contribution in [3.8, 4) is 5.69 Å². The van der Waals surface area contributed by atoms with Gasteiger partial charge in [-0.15, -0.1) is 10.2 Å². The summed E-state index contributed by atoms with van der Waals surface area (Å²) in [6.07, 6.45) is -1.27. The molecule has 2 aromatic carbocycles. The summed E-state index contributed by atoms with van der Waals surface area (Å²) < 4.78 is 7.35. The number of alkyl carbamates (subject to hydrolysis) is 1. The summed E-state index contributed by atoms with van der Waals surface area (Å²) in [6.45, 7) is 8.21. The lowest BCUT2D eigenvalue weighted by Crippen LogP contribution is -2.32. The van der Waals surface area contributed by atoms with Gasteiger partial charge in [-0.2, -0.15) is 0 Å². The average molecular weight is 403 g/mol. The second-order valence-electron chi connectivity index (χ2n) is 8.49. The third-order valence-electron chi connectivity index (χ3n) is 4.69. The highest BCUT2D eigenvalue weighted by Crippen LogP contribution is 2.29. The molecule has 7 heteroatoms. The van der Waals surface area contributed by atoms with Crippen LogP contribution < -0.4 is 5.32 Å². The molecule has 0 spiro atoms. The molecular weight excluding hydrogens is 378 g/mol.